The zero-order valence-corrected chi connectivity index (χ0v) is 29.6. The van der Waals surface area contributed by atoms with E-state index in [0.717, 1.165) is 85.0 Å². The maximum absolute atomic E-state index is 14.1. The van der Waals surface area contributed by atoms with Gasteiger partial charge in [-0.1, -0.05) is 31.9 Å². The summed E-state index contributed by atoms with van der Waals surface area (Å²) in [5, 5.41) is 6.66. The molecule has 2 aromatic rings. The summed E-state index contributed by atoms with van der Waals surface area (Å²) in [6.45, 7) is 4.37. The molecule has 264 valence electrons. The highest BCUT2D eigenvalue weighted by molar-refractivity contribution is 7.99. The van der Waals surface area contributed by atoms with Crippen molar-refractivity contribution in [1.29, 1.82) is 0 Å². The van der Waals surface area contributed by atoms with Gasteiger partial charge in [0, 0.05) is 28.0 Å². The molecule has 1 saturated heterocycles. The van der Waals surface area contributed by atoms with Crippen LogP contribution in [-0.4, -0.2) is 76.6 Å². The third kappa shape index (κ3) is 8.33. The average molecular weight is 692 g/mol. The van der Waals surface area contributed by atoms with Crippen molar-refractivity contribution in [3.63, 3.8) is 0 Å². The van der Waals surface area contributed by atoms with Crippen LogP contribution in [0.2, 0.25) is 0 Å². The van der Waals surface area contributed by atoms with Crippen LogP contribution in [-0.2, 0) is 25.6 Å². The van der Waals surface area contributed by atoms with Gasteiger partial charge in [0.2, 0.25) is 18.2 Å². The van der Waals surface area contributed by atoms with Crippen molar-refractivity contribution in [2.24, 2.45) is 0 Å². The van der Waals surface area contributed by atoms with Crippen LogP contribution in [0.1, 0.15) is 102 Å². The predicted molar refractivity (Wildman–Crippen MR) is 189 cm³/mol. The lowest BCUT2D eigenvalue weighted by atomic mass is 10.0. The molecule has 0 radical (unpaired) electrons. The number of fused-ring (bicyclic) bond motifs is 2. The second-order valence-electron chi connectivity index (χ2n) is 14.1. The number of amides is 4. The number of aromatic nitrogens is 1. The maximum atomic E-state index is 14.1. The Bertz CT molecular complexity index is 1590. The van der Waals surface area contributed by atoms with E-state index in [9.17, 15) is 19.2 Å². The number of carbonyl (C=O) groups is 4. The Morgan fingerprint density at radius 3 is 2.69 bits per heavy atom. The Kier molecular flexibility index (Phi) is 11.0. The lowest BCUT2D eigenvalue weighted by Gasteiger charge is -2.29. The summed E-state index contributed by atoms with van der Waals surface area (Å²) in [4.78, 5) is 59.9. The van der Waals surface area contributed by atoms with E-state index in [2.05, 4.69) is 35.3 Å². The summed E-state index contributed by atoms with van der Waals surface area (Å²) in [5.41, 5.74) is 2.83. The first-order chi connectivity index (χ1) is 23.7. The molecule has 11 nitrogen and oxygen atoms in total. The molecule has 2 aliphatic heterocycles. The molecular weight excluding hydrogens is 643 g/mol. The lowest BCUT2D eigenvalue weighted by Crippen LogP contribution is -2.55. The molecular formula is C37H49N5O6S. The van der Waals surface area contributed by atoms with Crippen LogP contribution >= 0.6 is 11.9 Å². The second-order valence-corrected chi connectivity index (χ2v) is 15.5. The van der Waals surface area contributed by atoms with Gasteiger partial charge in [-0.3, -0.25) is 23.9 Å². The Morgan fingerprint density at radius 2 is 1.98 bits per heavy atom. The van der Waals surface area contributed by atoms with Gasteiger partial charge in [-0.25, -0.2) is 4.98 Å². The third-order valence-electron chi connectivity index (χ3n) is 10.2. The van der Waals surface area contributed by atoms with Gasteiger partial charge >= 0.3 is 0 Å². The molecule has 1 aromatic carbocycles. The molecule has 1 aromatic heterocycles. The Labute approximate surface area is 292 Å². The van der Waals surface area contributed by atoms with Gasteiger partial charge in [-0.15, -0.1) is 0 Å². The quantitative estimate of drug-likeness (QED) is 0.183. The van der Waals surface area contributed by atoms with Gasteiger partial charge in [-0.2, -0.15) is 0 Å². The van der Waals surface area contributed by atoms with Crippen LogP contribution in [0.5, 0.6) is 11.5 Å². The van der Waals surface area contributed by atoms with Gasteiger partial charge in [0.25, 0.3) is 5.91 Å². The first-order valence-electron chi connectivity index (χ1n) is 17.8. The zero-order valence-electron chi connectivity index (χ0n) is 28.8. The van der Waals surface area contributed by atoms with Gasteiger partial charge in [0.15, 0.2) is 0 Å². The average Bonchev–Trinajstić information content (AvgIpc) is 4.04. The molecule has 49 heavy (non-hydrogen) atoms. The predicted octanol–water partition coefficient (Wildman–Crippen LogP) is 4.86. The highest BCUT2D eigenvalue weighted by atomic mass is 32.2. The van der Waals surface area contributed by atoms with Gasteiger partial charge in [0.1, 0.15) is 35.7 Å². The second kappa shape index (κ2) is 15.4. The summed E-state index contributed by atoms with van der Waals surface area (Å²) in [7, 11) is 1.64. The SMILES string of the molecule is CCc1c(OC2CC3C(=O)NC(C(=O)NSC4(C)CC4)C/C=C\CCCCC[C@H](NC=O)C(=O)N3C2)c(C2CC2)nc2ccc(OC)cc12. The number of benzene rings is 1. The monoisotopic (exact) mass is 691 g/mol. The number of hydrogen-bond acceptors (Lipinski definition) is 8. The lowest BCUT2D eigenvalue weighted by molar-refractivity contribution is -0.141. The summed E-state index contributed by atoms with van der Waals surface area (Å²) in [5.74, 6) is 0.771. The molecule has 0 bridgehead atoms. The first-order valence-corrected chi connectivity index (χ1v) is 18.7. The molecule has 3 heterocycles. The fraction of sp³-hybridized carbons (Fsp3) is 0.595. The number of carbonyl (C=O) groups excluding carboxylic acids is 4. The van der Waals surface area contributed by atoms with Crippen LogP contribution < -0.4 is 24.8 Å². The first kappa shape index (κ1) is 35.0. The summed E-state index contributed by atoms with van der Waals surface area (Å²) in [6, 6.07) is 3.44. The number of rotatable bonds is 10. The van der Waals surface area contributed by atoms with Gasteiger partial charge < -0.3 is 25.0 Å². The molecule has 12 heteroatoms. The van der Waals surface area contributed by atoms with E-state index in [4.69, 9.17) is 14.5 Å². The normalized spacial score (nSPS) is 26.5. The molecule has 3 N–H and O–H groups in total. The van der Waals surface area contributed by atoms with Crippen molar-refractivity contribution in [3.05, 3.63) is 41.6 Å². The molecule has 2 aliphatic carbocycles. The van der Waals surface area contributed by atoms with E-state index in [0.29, 0.717) is 31.6 Å². The number of methoxy groups -OCH3 is 1. The molecule has 3 unspecified atom stereocenters. The van der Waals surface area contributed by atoms with E-state index in [1.165, 1.54) is 11.9 Å². The fourth-order valence-corrected chi connectivity index (χ4v) is 7.61. The molecule has 3 fully saturated rings. The topological polar surface area (TPSA) is 139 Å². The van der Waals surface area contributed by atoms with Crippen molar-refractivity contribution in [3.8, 4) is 11.5 Å². The van der Waals surface area contributed by atoms with Crippen LogP contribution in [0.25, 0.3) is 10.9 Å². The summed E-state index contributed by atoms with van der Waals surface area (Å²) in [6.07, 6.45) is 13.4. The third-order valence-corrected chi connectivity index (χ3v) is 11.4. The van der Waals surface area contributed by atoms with Crippen LogP contribution in [0, 0.1) is 0 Å². The van der Waals surface area contributed by atoms with Crippen molar-refractivity contribution >= 4 is 47.0 Å². The molecule has 4 amide bonds. The van der Waals surface area contributed by atoms with Crippen LogP contribution in [0.4, 0.5) is 0 Å². The highest BCUT2D eigenvalue weighted by Crippen LogP contribution is 2.47. The fourth-order valence-electron chi connectivity index (χ4n) is 6.82. The van der Waals surface area contributed by atoms with E-state index in [-0.39, 0.29) is 29.5 Å². The number of aryl methyl sites for hydroxylation is 1. The van der Waals surface area contributed by atoms with Gasteiger partial charge in [-0.05, 0) is 94.9 Å². The largest absolute Gasteiger partial charge is 0.497 e. The summed E-state index contributed by atoms with van der Waals surface area (Å²) < 4.78 is 15.4. The number of nitrogens with one attached hydrogen (secondary N) is 3. The van der Waals surface area contributed by atoms with Crippen molar-refractivity contribution in [2.45, 2.75) is 126 Å². The molecule has 2 saturated carbocycles. The van der Waals surface area contributed by atoms with E-state index >= 15 is 0 Å². The molecule has 4 aliphatic rings. The standard InChI is InChI=1S/C37H49N5O6S/c1-4-26-27-19-24(47-3)15-16-28(27)39-32(23-13-14-23)33(26)48-25-20-31-35(45)40-29(34(44)41-49-37(2)17-18-37)11-9-7-5-6-8-10-12-30(38-22-43)36(46)42(31)21-25/h7,9,15-16,19,22-23,25,29-31H,4-6,8,10-14,17-18,20-21H2,1-3H3,(H,38,43)(H,40,45)(H,41,44)/b9-7-/t25?,29?,30-,31?/m0/s1. The number of hydrogen-bond donors (Lipinski definition) is 3. The number of pyridine rings is 1. The van der Waals surface area contributed by atoms with Crippen LogP contribution in [0.3, 0.4) is 0 Å². The smallest absolute Gasteiger partial charge is 0.252 e. The number of ether oxygens (including phenoxy) is 2. The minimum atomic E-state index is -0.880. The van der Waals surface area contributed by atoms with Gasteiger partial charge in [0.05, 0.1) is 24.9 Å². The van der Waals surface area contributed by atoms with E-state index in [1.807, 2.05) is 24.3 Å². The van der Waals surface area contributed by atoms with Crippen molar-refractivity contribution in [1.82, 2.24) is 25.2 Å². The van der Waals surface area contributed by atoms with Crippen molar-refractivity contribution < 1.29 is 28.7 Å². The summed E-state index contributed by atoms with van der Waals surface area (Å²) >= 11 is 1.41. The maximum Gasteiger partial charge on any atom is 0.252 e. The van der Waals surface area contributed by atoms with Crippen LogP contribution in [0.15, 0.2) is 30.4 Å². The number of nitrogens with zero attached hydrogens (tertiary/aromatic N) is 2. The van der Waals surface area contributed by atoms with E-state index in [1.54, 1.807) is 12.0 Å². The van der Waals surface area contributed by atoms with E-state index < -0.39 is 30.1 Å². The Hall–Kier alpha value is -3.80. The number of allylic oxidation sites excluding steroid dienone is 1. The Morgan fingerprint density at radius 1 is 1.16 bits per heavy atom. The Balaban J connectivity index is 1.30. The zero-order chi connectivity index (χ0) is 34.5. The minimum absolute atomic E-state index is 0.0363. The minimum Gasteiger partial charge on any atom is -0.497 e. The molecule has 6 rings (SSSR count). The molecule has 4 atom stereocenters. The molecule has 0 spiro atoms. The highest BCUT2D eigenvalue weighted by Gasteiger charge is 2.45. The van der Waals surface area contributed by atoms with Crippen molar-refractivity contribution in [2.75, 3.05) is 13.7 Å².